The molecule has 0 aromatic heterocycles. The van der Waals surface area contributed by atoms with E-state index < -0.39 is 28.7 Å². The minimum atomic E-state index is -1.09. The van der Waals surface area contributed by atoms with Gasteiger partial charge in [-0.15, -0.1) is 0 Å². The number of nitrogens with zero attached hydrogens (tertiary/aromatic N) is 3. The molecule has 3 aromatic carbocycles. The molecular weight excluding hydrogens is 569 g/mol. The molecule has 2 aliphatic heterocycles. The summed E-state index contributed by atoms with van der Waals surface area (Å²) >= 11 is 4.57. The van der Waals surface area contributed by atoms with E-state index >= 15 is 0 Å². The Morgan fingerprint density at radius 2 is 1.84 bits per heavy atom. The van der Waals surface area contributed by atoms with Crippen LogP contribution in [-0.2, 0) is 9.59 Å². The molecule has 0 radical (unpaired) electrons. The number of amidine groups is 1. The molecule has 0 spiro atoms. The fourth-order valence-corrected chi connectivity index (χ4v) is 5.49. The van der Waals surface area contributed by atoms with Crippen molar-refractivity contribution in [2.75, 3.05) is 5.32 Å². The van der Waals surface area contributed by atoms with Crippen LogP contribution in [0.5, 0.6) is 0 Å². The molecule has 5 rings (SSSR count). The van der Waals surface area contributed by atoms with Crippen molar-refractivity contribution in [2.24, 2.45) is 10.1 Å². The maximum atomic E-state index is 13.6. The van der Waals surface area contributed by atoms with E-state index in [-0.39, 0.29) is 24.0 Å². The van der Waals surface area contributed by atoms with Crippen LogP contribution in [-0.4, -0.2) is 33.0 Å². The first-order valence-corrected chi connectivity index (χ1v) is 12.9. The molecule has 0 fully saturated rings. The van der Waals surface area contributed by atoms with E-state index in [1.54, 1.807) is 17.1 Å². The topological polar surface area (TPSA) is 74.1 Å². The molecule has 37 heavy (non-hydrogen) atoms. The monoisotopic (exact) mass is 586 g/mol. The third kappa shape index (κ3) is 5.62. The highest BCUT2D eigenvalue weighted by Crippen LogP contribution is 2.39. The van der Waals surface area contributed by atoms with E-state index in [2.05, 4.69) is 26.2 Å². The first-order valence-electron chi connectivity index (χ1n) is 11.2. The average Bonchev–Trinajstić information content (AvgIpc) is 3.46. The Kier molecular flexibility index (Phi) is 7.16. The maximum absolute atomic E-state index is 13.6. The lowest BCUT2D eigenvalue weighted by Crippen LogP contribution is -2.25. The fraction of sp³-hybridized carbons (Fsp3) is 0.154. The molecular formula is C26H18BrF3N4O2S. The number of hydrogen-bond acceptors (Lipinski definition) is 5. The molecule has 2 amide bonds. The van der Waals surface area contributed by atoms with Crippen LogP contribution in [0.15, 0.2) is 81.3 Å². The molecule has 3 aromatic rings. The third-order valence-corrected chi connectivity index (χ3v) is 7.46. The Morgan fingerprint density at radius 3 is 2.57 bits per heavy atom. The highest BCUT2D eigenvalue weighted by Gasteiger charge is 2.39. The Balaban J connectivity index is 1.35. The van der Waals surface area contributed by atoms with Crippen molar-refractivity contribution in [3.05, 3.63) is 99.8 Å². The molecule has 1 N–H and O–H groups in total. The SMILES string of the molecule is O=C(C[C@H]1SC(N2N=C(c3cccc(Br)c3)C[C@H]2c2ccc(F)cc2)=NC1=O)Nc1ccc(F)c(F)c1. The molecule has 0 saturated heterocycles. The van der Waals surface area contributed by atoms with Gasteiger partial charge in [-0.3, -0.25) is 9.59 Å². The Morgan fingerprint density at radius 1 is 1.05 bits per heavy atom. The van der Waals surface area contributed by atoms with Gasteiger partial charge in [-0.05, 0) is 47.5 Å². The van der Waals surface area contributed by atoms with Gasteiger partial charge in [-0.1, -0.05) is 52.0 Å². The first-order chi connectivity index (χ1) is 17.8. The number of benzene rings is 3. The zero-order chi connectivity index (χ0) is 26.1. The number of carbonyl (C=O) groups is 2. The van der Waals surface area contributed by atoms with Gasteiger partial charge in [-0.25, -0.2) is 18.2 Å². The van der Waals surface area contributed by atoms with Crippen molar-refractivity contribution in [2.45, 2.75) is 24.1 Å². The highest BCUT2D eigenvalue weighted by molar-refractivity contribution is 9.10. The minimum Gasteiger partial charge on any atom is -0.326 e. The summed E-state index contributed by atoms with van der Waals surface area (Å²) < 4.78 is 41.1. The first kappa shape index (κ1) is 25.2. The molecule has 6 nitrogen and oxygen atoms in total. The summed E-state index contributed by atoms with van der Waals surface area (Å²) in [4.78, 5) is 29.3. The van der Waals surface area contributed by atoms with E-state index in [9.17, 15) is 22.8 Å². The summed E-state index contributed by atoms with van der Waals surface area (Å²) in [5.74, 6) is -3.51. The average molecular weight is 587 g/mol. The van der Waals surface area contributed by atoms with Gasteiger partial charge >= 0.3 is 0 Å². The van der Waals surface area contributed by atoms with Crippen molar-refractivity contribution < 1.29 is 22.8 Å². The Labute approximate surface area is 222 Å². The van der Waals surface area contributed by atoms with E-state index in [4.69, 9.17) is 5.10 Å². The van der Waals surface area contributed by atoms with Gasteiger partial charge in [0.05, 0.1) is 11.8 Å². The number of hydrazone groups is 1. The number of thioether (sulfide) groups is 1. The lowest BCUT2D eigenvalue weighted by molar-refractivity contribution is -0.121. The number of carbonyl (C=O) groups excluding carboxylic acids is 2. The van der Waals surface area contributed by atoms with Gasteiger partial charge < -0.3 is 5.32 Å². The summed E-state index contributed by atoms with van der Waals surface area (Å²) in [6, 6.07) is 16.4. The van der Waals surface area contributed by atoms with Crippen LogP contribution in [0, 0.1) is 17.5 Å². The highest BCUT2D eigenvalue weighted by atomic mass is 79.9. The molecule has 0 aliphatic carbocycles. The van der Waals surface area contributed by atoms with Crippen LogP contribution in [0.1, 0.15) is 30.0 Å². The van der Waals surface area contributed by atoms with Gasteiger partial charge in [0, 0.05) is 29.1 Å². The largest absolute Gasteiger partial charge is 0.326 e. The zero-order valence-corrected chi connectivity index (χ0v) is 21.4. The summed E-state index contributed by atoms with van der Waals surface area (Å²) in [6.45, 7) is 0. The summed E-state index contributed by atoms with van der Waals surface area (Å²) in [5, 5.41) is 8.38. The van der Waals surface area contributed by atoms with E-state index in [0.29, 0.717) is 11.6 Å². The second-order valence-electron chi connectivity index (χ2n) is 8.39. The Bertz CT molecular complexity index is 1450. The molecule has 0 saturated carbocycles. The molecule has 188 valence electrons. The summed E-state index contributed by atoms with van der Waals surface area (Å²) in [6.07, 6.45) is 0.282. The number of anilines is 1. The van der Waals surface area contributed by atoms with Crippen LogP contribution < -0.4 is 5.32 Å². The van der Waals surface area contributed by atoms with Gasteiger partial charge in [-0.2, -0.15) is 10.1 Å². The van der Waals surface area contributed by atoms with Crippen molar-refractivity contribution in [3.63, 3.8) is 0 Å². The molecule has 2 atom stereocenters. The number of nitrogens with one attached hydrogen (secondary N) is 1. The molecule has 0 bridgehead atoms. The lowest BCUT2D eigenvalue weighted by atomic mass is 9.98. The third-order valence-electron chi connectivity index (χ3n) is 5.82. The van der Waals surface area contributed by atoms with Crippen molar-refractivity contribution in [1.82, 2.24) is 5.01 Å². The van der Waals surface area contributed by atoms with E-state index in [1.165, 1.54) is 18.2 Å². The molecule has 2 heterocycles. The minimum absolute atomic E-state index is 0.0830. The second-order valence-corrected chi connectivity index (χ2v) is 10.5. The normalized spacial score (nSPS) is 19.1. The van der Waals surface area contributed by atoms with Crippen molar-refractivity contribution >= 4 is 56.1 Å². The van der Waals surface area contributed by atoms with Gasteiger partial charge in [0.25, 0.3) is 5.91 Å². The van der Waals surface area contributed by atoms with Crippen LogP contribution in [0.25, 0.3) is 0 Å². The maximum Gasteiger partial charge on any atom is 0.262 e. The predicted molar refractivity (Wildman–Crippen MR) is 140 cm³/mol. The molecule has 11 heteroatoms. The lowest BCUT2D eigenvalue weighted by Gasteiger charge is -2.23. The summed E-state index contributed by atoms with van der Waals surface area (Å²) in [5.41, 5.74) is 2.54. The van der Waals surface area contributed by atoms with E-state index in [0.717, 1.165) is 45.2 Å². The number of halogens is 4. The van der Waals surface area contributed by atoms with Crippen LogP contribution in [0.3, 0.4) is 0 Å². The standard InChI is InChI=1S/C26H18BrF3N4O2S/c27-16-3-1-2-15(10-16)21-12-22(14-4-6-17(28)7-5-14)34(33-21)26-32-25(36)23(37-26)13-24(35)31-18-8-9-19(29)20(30)11-18/h1-11,22-23H,12-13H2,(H,31,35)/t22-,23+/m0/s1. The number of hydrogen-bond donors (Lipinski definition) is 1. The Hall–Kier alpha value is -3.44. The van der Waals surface area contributed by atoms with E-state index in [1.807, 2.05) is 24.3 Å². The quantitative estimate of drug-likeness (QED) is 0.395. The predicted octanol–water partition coefficient (Wildman–Crippen LogP) is 6.04. The summed E-state index contributed by atoms with van der Waals surface area (Å²) in [7, 11) is 0. The van der Waals surface area contributed by atoms with Crippen LogP contribution >= 0.6 is 27.7 Å². The molecule has 2 aliphatic rings. The zero-order valence-electron chi connectivity index (χ0n) is 19.0. The fourth-order valence-electron chi connectivity index (χ4n) is 4.03. The van der Waals surface area contributed by atoms with Crippen LogP contribution in [0.2, 0.25) is 0 Å². The second kappa shape index (κ2) is 10.5. The number of rotatable bonds is 5. The smallest absolute Gasteiger partial charge is 0.262 e. The van der Waals surface area contributed by atoms with Crippen molar-refractivity contribution in [3.8, 4) is 0 Å². The van der Waals surface area contributed by atoms with Gasteiger partial charge in [0.15, 0.2) is 16.8 Å². The van der Waals surface area contributed by atoms with Gasteiger partial charge in [0.1, 0.15) is 11.1 Å². The number of amides is 2. The molecule has 0 unspecified atom stereocenters. The van der Waals surface area contributed by atoms with Gasteiger partial charge in [0.2, 0.25) is 5.91 Å². The van der Waals surface area contributed by atoms with Crippen molar-refractivity contribution in [1.29, 1.82) is 0 Å². The van der Waals surface area contributed by atoms with Crippen LogP contribution in [0.4, 0.5) is 18.9 Å². The number of aliphatic imine (C=N–C) groups is 1.